The maximum atomic E-state index is 12.1. The second-order valence-corrected chi connectivity index (χ2v) is 4.70. The summed E-state index contributed by atoms with van der Waals surface area (Å²) in [5, 5.41) is 28.3. The maximum Gasteiger partial charge on any atom is 0.259 e. The number of nitriles is 2. The summed E-state index contributed by atoms with van der Waals surface area (Å²) < 4.78 is -0.0291. The van der Waals surface area contributed by atoms with Crippen molar-refractivity contribution in [2.24, 2.45) is 5.92 Å². The van der Waals surface area contributed by atoms with E-state index in [0.29, 0.717) is 5.56 Å². The Balaban J connectivity index is 2.74. The molecule has 7 heteroatoms. The van der Waals surface area contributed by atoms with Crippen LogP contribution in [0.5, 0.6) is 5.88 Å². The minimum absolute atomic E-state index is 0.0291. The van der Waals surface area contributed by atoms with Crippen molar-refractivity contribution in [3.8, 4) is 18.0 Å². The monoisotopic (exact) mass is 298 g/mol. The van der Waals surface area contributed by atoms with Crippen molar-refractivity contribution in [3.05, 3.63) is 56.6 Å². The summed E-state index contributed by atoms with van der Waals surface area (Å²) >= 11 is 4.77. The van der Waals surface area contributed by atoms with Gasteiger partial charge in [-0.3, -0.25) is 9.78 Å². The molecule has 1 aromatic heterocycles. The third kappa shape index (κ3) is 2.83. The van der Waals surface area contributed by atoms with Crippen LogP contribution in [0.3, 0.4) is 0 Å². The van der Waals surface area contributed by atoms with Gasteiger partial charge in [-0.25, -0.2) is 0 Å². The first-order valence-electron chi connectivity index (χ1n) is 5.98. The molecule has 6 nitrogen and oxygen atoms in total. The lowest BCUT2D eigenvalue weighted by Crippen LogP contribution is -2.23. The van der Waals surface area contributed by atoms with Gasteiger partial charge in [-0.05, 0) is 17.8 Å². The minimum Gasteiger partial charge on any atom is -0.494 e. The van der Waals surface area contributed by atoms with Crippen molar-refractivity contribution < 1.29 is 5.11 Å². The van der Waals surface area contributed by atoms with Gasteiger partial charge >= 0.3 is 0 Å². The van der Waals surface area contributed by atoms with Crippen molar-refractivity contribution in [1.82, 2.24) is 9.97 Å². The SMILES string of the molecule is N#CC(C#N)C(c1ccccc1)c1c(O)[nH]c(=S)[nH]c1=O. The minimum atomic E-state index is -1.12. The molecule has 0 bridgehead atoms. The van der Waals surface area contributed by atoms with E-state index in [0.717, 1.165) is 0 Å². The summed E-state index contributed by atoms with van der Waals surface area (Å²) in [6, 6.07) is 12.3. The molecule has 1 unspecified atom stereocenters. The number of nitrogens with one attached hydrogen (secondary N) is 2. The molecule has 1 aromatic carbocycles. The highest BCUT2D eigenvalue weighted by Crippen LogP contribution is 2.33. The molecule has 1 heterocycles. The van der Waals surface area contributed by atoms with E-state index in [4.69, 9.17) is 22.7 Å². The quantitative estimate of drug-likeness (QED) is 0.749. The second-order valence-electron chi connectivity index (χ2n) is 4.29. The van der Waals surface area contributed by atoms with E-state index in [-0.39, 0.29) is 10.3 Å². The van der Waals surface area contributed by atoms with Gasteiger partial charge < -0.3 is 10.1 Å². The number of benzene rings is 1. The van der Waals surface area contributed by atoms with Crippen molar-refractivity contribution in [2.75, 3.05) is 0 Å². The number of aromatic amines is 2. The first-order valence-corrected chi connectivity index (χ1v) is 6.39. The van der Waals surface area contributed by atoms with Crippen molar-refractivity contribution in [2.45, 2.75) is 5.92 Å². The third-order valence-corrected chi connectivity index (χ3v) is 3.24. The molecule has 1 atom stereocenters. The summed E-state index contributed by atoms with van der Waals surface area (Å²) in [4.78, 5) is 16.9. The van der Waals surface area contributed by atoms with E-state index in [1.54, 1.807) is 30.3 Å². The number of hydrogen-bond acceptors (Lipinski definition) is 5. The molecule has 3 N–H and O–H groups in total. The fourth-order valence-corrected chi connectivity index (χ4v) is 2.33. The Hall–Kier alpha value is -2.90. The lowest BCUT2D eigenvalue weighted by Gasteiger charge is -2.18. The predicted octanol–water partition coefficient (Wildman–Crippen LogP) is 1.93. The summed E-state index contributed by atoms with van der Waals surface area (Å²) in [5.41, 5.74) is -0.125. The van der Waals surface area contributed by atoms with Crippen LogP contribution in [0.1, 0.15) is 17.0 Å². The predicted molar refractivity (Wildman–Crippen MR) is 76.9 cm³/mol. The van der Waals surface area contributed by atoms with Gasteiger partial charge in [-0.15, -0.1) is 0 Å². The molecule has 0 fully saturated rings. The van der Waals surface area contributed by atoms with E-state index in [9.17, 15) is 9.90 Å². The van der Waals surface area contributed by atoms with Crippen LogP contribution in [-0.4, -0.2) is 15.1 Å². The number of aromatic nitrogens is 2. The zero-order valence-electron chi connectivity index (χ0n) is 10.7. The van der Waals surface area contributed by atoms with Crippen LogP contribution in [0.4, 0.5) is 0 Å². The van der Waals surface area contributed by atoms with Gasteiger partial charge in [-0.1, -0.05) is 30.3 Å². The molecule has 104 valence electrons. The average molecular weight is 298 g/mol. The molecular formula is C14H10N4O2S. The zero-order valence-corrected chi connectivity index (χ0v) is 11.5. The first-order chi connectivity index (χ1) is 10.1. The largest absolute Gasteiger partial charge is 0.494 e. The molecule has 0 aliphatic rings. The summed E-state index contributed by atoms with van der Waals surface area (Å²) in [6.45, 7) is 0. The smallest absolute Gasteiger partial charge is 0.259 e. The number of rotatable bonds is 3. The van der Waals surface area contributed by atoms with E-state index >= 15 is 0 Å². The van der Waals surface area contributed by atoms with Crippen LogP contribution < -0.4 is 5.56 Å². The maximum absolute atomic E-state index is 12.1. The molecule has 2 rings (SSSR count). The highest BCUT2D eigenvalue weighted by molar-refractivity contribution is 7.71. The summed E-state index contributed by atoms with van der Waals surface area (Å²) in [5.74, 6) is -2.44. The van der Waals surface area contributed by atoms with Crippen LogP contribution in [0.2, 0.25) is 0 Å². The van der Waals surface area contributed by atoms with E-state index in [2.05, 4.69) is 9.97 Å². The van der Waals surface area contributed by atoms with Crippen LogP contribution in [0.15, 0.2) is 35.1 Å². The molecule has 0 spiro atoms. The Labute approximate surface area is 124 Å². The van der Waals surface area contributed by atoms with Crippen LogP contribution in [0.25, 0.3) is 0 Å². The fraction of sp³-hybridized carbons (Fsp3) is 0.143. The zero-order chi connectivity index (χ0) is 15.4. The summed E-state index contributed by atoms with van der Waals surface area (Å²) in [7, 11) is 0. The standard InChI is InChI=1S/C14H10N4O2S/c15-6-9(7-16)10(8-4-2-1-3-5-8)11-12(19)17-14(21)18-13(11)20/h1-5,9-10H,(H3,17,18,19,20,21). The van der Waals surface area contributed by atoms with Gasteiger partial charge in [0.15, 0.2) is 10.7 Å². The molecule has 0 aliphatic heterocycles. The van der Waals surface area contributed by atoms with Gasteiger partial charge in [0, 0.05) is 5.92 Å². The molecule has 2 aromatic rings. The highest BCUT2D eigenvalue weighted by Gasteiger charge is 2.30. The topological polar surface area (TPSA) is 116 Å². The number of aromatic hydroxyl groups is 1. The Kier molecular flexibility index (Phi) is 4.17. The normalized spacial score (nSPS) is 11.6. The fourth-order valence-electron chi connectivity index (χ4n) is 2.14. The first kappa shape index (κ1) is 14.5. The van der Waals surface area contributed by atoms with Gasteiger partial charge in [0.2, 0.25) is 0 Å². The lowest BCUT2D eigenvalue weighted by atomic mass is 9.83. The lowest BCUT2D eigenvalue weighted by molar-refractivity contribution is 0.435. The van der Waals surface area contributed by atoms with E-state index < -0.39 is 23.3 Å². The average Bonchev–Trinajstić information content (AvgIpc) is 2.46. The molecular weight excluding hydrogens is 288 g/mol. The third-order valence-electron chi connectivity index (χ3n) is 3.04. The van der Waals surface area contributed by atoms with Crippen LogP contribution in [-0.2, 0) is 0 Å². The molecule has 21 heavy (non-hydrogen) atoms. The second kappa shape index (κ2) is 6.04. The van der Waals surface area contributed by atoms with Crippen LogP contribution >= 0.6 is 12.2 Å². The van der Waals surface area contributed by atoms with Crippen molar-refractivity contribution in [1.29, 1.82) is 10.5 Å². The van der Waals surface area contributed by atoms with Gasteiger partial charge in [0.25, 0.3) is 5.56 Å². The van der Waals surface area contributed by atoms with Gasteiger partial charge in [0.1, 0.15) is 5.92 Å². The molecule has 0 amide bonds. The molecule has 0 aliphatic carbocycles. The Morgan fingerprint density at radius 3 is 2.29 bits per heavy atom. The Morgan fingerprint density at radius 1 is 1.14 bits per heavy atom. The highest BCUT2D eigenvalue weighted by atomic mass is 32.1. The van der Waals surface area contributed by atoms with Gasteiger partial charge in [-0.2, -0.15) is 10.5 Å². The molecule has 0 radical (unpaired) electrons. The van der Waals surface area contributed by atoms with Gasteiger partial charge in [0.05, 0.1) is 17.7 Å². The Morgan fingerprint density at radius 2 is 1.76 bits per heavy atom. The van der Waals surface area contributed by atoms with E-state index in [1.807, 2.05) is 12.1 Å². The van der Waals surface area contributed by atoms with Crippen LogP contribution in [0, 0.1) is 33.4 Å². The molecule has 0 saturated carbocycles. The van der Waals surface area contributed by atoms with E-state index in [1.165, 1.54) is 0 Å². The van der Waals surface area contributed by atoms with Crippen molar-refractivity contribution in [3.63, 3.8) is 0 Å². The van der Waals surface area contributed by atoms with Crippen molar-refractivity contribution >= 4 is 12.2 Å². The Bertz CT molecular complexity index is 828. The number of hydrogen-bond donors (Lipinski definition) is 3. The molecule has 0 saturated heterocycles. The number of H-pyrrole nitrogens is 2. The summed E-state index contributed by atoms with van der Waals surface area (Å²) in [6.07, 6.45) is 0. The number of nitrogens with zero attached hydrogens (tertiary/aromatic N) is 2.